The fourth-order valence-electron chi connectivity index (χ4n) is 1.76. The molecule has 0 amide bonds. The molecule has 5 nitrogen and oxygen atoms in total. The van der Waals surface area contributed by atoms with Crippen molar-refractivity contribution in [3.63, 3.8) is 0 Å². The second kappa shape index (κ2) is 3.98. The normalized spacial score (nSPS) is 30.3. The van der Waals surface area contributed by atoms with E-state index in [2.05, 4.69) is 0 Å². The van der Waals surface area contributed by atoms with E-state index in [1.54, 1.807) is 24.3 Å². The highest BCUT2D eigenvalue weighted by Crippen LogP contribution is 2.19. The largest absolute Gasteiger partial charge is 0.632 e. The molecule has 0 radical (unpaired) electrons. The summed E-state index contributed by atoms with van der Waals surface area (Å²) in [6.07, 6.45) is -1.04. The van der Waals surface area contributed by atoms with Gasteiger partial charge in [0.05, 0.1) is 0 Å². The van der Waals surface area contributed by atoms with Crippen molar-refractivity contribution in [3.8, 4) is 0 Å². The van der Waals surface area contributed by atoms with E-state index in [4.69, 9.17) is 9.84 Å². The SMILES string of the molecule is O=C(O)[C@@H]1OC[NH+]([O-])[C@H]1c1ccccc1. The first-order valence-corrected chi connectivity index (χ1v) is 4.62. The molecule has 0 aliphatic carbocycles. The summed E-state index contributed by atoms with van der Waals surface area (Å²) in [5, 5.41) is 20.2. The maximum absolute atomic E-state index is 11.5. The molecule has 1 aromatic carbocycles. The minimum absolute atomic E-state index is 0.115. The third-order valence-electron chi connectivity index (χ3n) is 2.46. The number of ether oxygens (including phenoxy) is 1. The number of quaternary nitrogens is 1. The van der Waals surface area contributed by atoms with Crippen LogP contribution in [0.3, 0.4) is 0 Å². The van der Waals surface area contributed by atoms with Crippen LogP contribution in [0.2, 0.25) is 0 Å². The minimum Gasteiger partial charge on any atom is -0.632 e. The number of carbonyl (C=O) groups is 1. The van der Waals surface area contributed by atoms with Gasteiger partial charge < -0.3 is 20.1 Å². The van der Waals surface area contributed by atoms with Gasteiger partial charge in [-0.2, -0.15) is 0 Å². The fourth-order valence-corrected chi connectivity index (χ4v) is 1.76. The van der Waals surface area contributed by atoms with E-state index in [1.807, 2.05) is 6.07 Å². The van der Waals surface area contributed by atoms with Gasteiger partial charge in [0.1, 0.15) is 0 Å². The zero-order valence-electron chi connectivity index (χ0n) is 7.92. The monoisotopic (exact) mass is 209 g/mol. The Hall–Kier alpha value is -1.43. The van der Waals surface area contributed by atoms with Crippen LogP contribution in [-0.4, -0.2) is 23.9 Å². The maximum Gasteiger partial charge on any atom is 0.339 e. The molecule has 1 aromatic rings. The lowest BCUT2D eigenvalue weighted by Gasteiger charge is -2.23. The van der Waals surface area contributed by atoms with Gasteiger partial charge in [0.25, 0.3) is 0 Å². The van der Waals surface area contributed by atoms with E-state index in [-0.39, 0.29) is 11.8 Å². The van der Waals surface area contributed by atoms with E-state index in [0.717, 1.165) is 0 Å². The van der Waals surface area contributed by atoms with Crippen LogP contribution in [-0.2, 0) is 9.53 Å². The van der Waals surface area contributed by atoms with Gasteiger partial charge in [0.2, 0.25) is 6.10 Å². The second-order valence-electron chi connectivity index (χ2n) is 3.42. The Bertz CT molecular complexity index is 354. The topological polar surface area (TPSA) is 74.0 Å². The van der Waals surface area contributed by atoms with E-state index in [0.29, 0.717) is 5.56 Å². The Kier molecular flexibility index (Phi) is 2.68. The zero-order chi connectivity index (χ0) is 10.8. The second-order valence-corrected chi connectivity index (χ2v) is 3.42. The van der Waals surface area contributed by atoms with Crippen molar-refractivity contribution < 1.29 is 19.7 Å². The molecule has 0 aromatic heterocycles. The number of hydroxylamine groups is 2. The zero-order valence-corrected chi connectivity index (χ0v) is 7.92. The van der Waals surface area contributed by atoms with Crippen LogP contribution in [0.1, 0.15) is 11.6 Å². The number of benzene rings is 1. The van der Waals surface area contributed by atoms with E-state index < -0.39 is 18.1 Å². The Labute approximate surface area is 86.5 Å². The standard InChI is InChI=1S/C10H11NO4/c12-10(13)9-8(11(14)6-15-9)7-4-2-1-3-5-7/h1-5,8-9,11H,6H2,(H,12,13)/t8-,9+/m0/s1. The molecule has 0 saturated carbocycles. The van der Waals surface area contributed by atoms with Crippen LogP contribution in [0.5, 0.6) is 0 Å². The van der Waals surface area contributed by atoms with Crippen molar-refractivity contribution in [2.24, 2.45) is 0 Å². The minimum atomic E-state index is -1.09. The highest BCUT2D eigenvalue weighted by molar-refractivity contribution is 5.73. The molecule has 1 aliphatic heterocycles. The van der Waals surface area contributed by atoms with Gasteiger partial charge in [0, 0.05) is 5.56 Å². The molecular weight excluding hydrogens is 198 g/mol. The van der Waals surface area contributed by atoms with Crippen molar-refractivity contribution >= 4 is 5.97 Å². The predicted molar refractivity (Wildman–Crippen MR) is 50.9 cm³/mol. The maximum atomic E-state index is 11.5. The lowest BCUT2D eigenvalue weighted by Crippen LogP contribution is -3.06. The van der Waals surface area contributed by atoms with Gasteiger partial charge in [-0.3, -0.25) is 0 Å². The summed E-state index contributed by atoms with van der Waals surface area (Å²) in [4.78, 5) is 10.9. The molecule has 0 bridgehead atoms. The van der Waals surface area contributed by atoms with Crippen molar-refractivity contribution in [3.05, 3.63) is 41.1 Å². The molecule has 15 heavy (non-hydrogen) atoms. The molecule has 0 spiro atoms. The molecule has 2 rings (SSSR count). The Morgan fingerprint density at radius 1 is 1.47 bits per heavy atom. The Morgan fingerprint density at radius 3 is 2.73 bits per heavy atom. The summed E-state index contributed by atoms with van der Waals surface area (Å²) >= 11 is 0. The summed E-state index contributed by atoms with van der Waals surface area (Å²) in [5.74, 6) is -1.09. The molecule has 1 unspecified atom stereocenters. The van der Waals surface area contributed by atoms with Crippen molar-refractivity contribution in [1.29, 1.82) is 0 Å². The number of carboxylic acids is 1. The van der Waals surface area contributed by atoms with E-state index in [9.17, 15) is 10.0 Å². The average Bonchev–Trinajstić information content (AvgIpc) is 2.61. The van der Waals surface area contributed by atoms with E-state index >= 15 is 0 Å². The summed E-state index contributed by atoms with van der Waals surface area (Å²) in [5.41, 5.74) is 0.701. The van der Waals surface area contributed by atoms with Gasteiger partial charge in [0.15, 0.2) is 12.8 Å². The average molecular weight is 209 g/mol. The Morgan fingerprint density at radius 2 is 2.13 bits per heavy atom. The van der Waals surface area contributed by atoms with Crippen LogP contribution in [0.4, 0.5) is 0 Å². The molecule has 3 atom stereocenters. The van der Waals surface area contributed by atoms with Gasteiger partial charge in [-0.25, -0.2) is 4.79 Å². The molecule has 1 fully saturated rings. The first-order chi connectivity index (χ1) is 7.20. The first kappa shape index (κ1) is 10.1. The number of hydrogen-bond acceptors (Lipinski definition) is 3. The van der Waals surface area contributed by atoms with Crippen LogP contribution >= 0.6 is 0 Å². The number of nitrogens with one attached hydrogen (secondary N) is 1. The van der Waals surface area contributed by atoms with Gasteiger partial charge in [-0.1, -0.05) is 30.3 Å². The van der Waals surface area contributed by atoms with Gasteiger partial charge in [-0.15, -0.1) is 0 Å². The third kappa shape index (κ3) is 1.85. The summed E-state index contributed by atoms with van der Waals surface area (Å²) in [7, 11) is 0. The van der Waals surface area contributed by atoms with Crippen molar-refractivity contribution in [2.75, 3.05) is 6.73 Å². The molecule has 80 valence electrons. The third-order valence-corrected chi connectivity index (χ3v) is 2.46. The van der Waals surface area contributed by atoms with Crippen LogP contribution in [0.25, 0.3) is 0 Å². The molecule has 5 heteroatoms. The number of carboxylic acid groups (broad SMARTS) is 1. The lowest BCUT2D eigenvalue weighted by molar-refractivity contribution is -0.876. The summed E-state index contributed by atoms with van der Waals surface area (Å²) in [6, 6.07) is 8.20. The molecular formula is C10H11NO4. The summed E-state index contributed by atoms with van der Waals surface area (Å²) < 4.78 is 4.94. The highest BCUT2D eigenvalue weighted by atomic mass is 16.6. The van der Waals surface area contributed by atoms with Gasteiger partial charge in [-0.05, 0) is 0 Å². The summed E-state index contributed by atoms with van der Waals surface area (Å²) in [6.45, 7) is -0.115. The first-order valence-electron chi connectivity index (χ1n) is 4.62. The van der Waals surface area contributed by atoms with Crippen LogP contribution in [0, 0.1) is 5.21 Å². The molecule has 1 heterocycles. The lowest BCUT2D eigenvalue weighted by atomic mass is 10.0. The number of rotatable bonds is 2. The number of aliphatic carboxylic acids is 1. The number of hydrogen-bond donors (Lipinski definition) is 2. The van der Waals surface area contributed by atoms with Crippen LogP contribution in [0.15, 0.2) is 30.3 Å². The fraction of sp³-hybridized carbons (Fsp3) is 0.300. The highest BCUT2D eigenvalue weighted by Gasteiger charge is 2.41. The van der Waals surface area contributed by atoms with Crippen LogP contribution < -0.4 is 5.06 Å². The molecule has 1 aliphatic rings. The van der Waals surface area contributed by atoms with Crippen molar-refractivity contribution in [2.45, 2.75) is 12.1 Å². The smallest absolute Gasteiger partial charge is 0.339 e. The Balaban J connectivity index is 2.29. The predicted octanol–water partition coefficient (Wildman–Crippen LogP) is -0.449. The van der Waals surface area contributed by atoms with E-state index in [1.165, 1.54) is 0 Å². The van der Waals surface area contributed by atoms with Gasteiger partial charge >= 0.3 is 5.97 Å². The molecule has 2 N–H and O–H groups in total. The molecule has 1 saturated heterocycles. The van der Waals surface area contributed by atoms with Crippen molar-refractivity contribution in [1.82, 2.24) is 0 Å². The quantitative estimate of drug-likeness (QED) is 0.647.